The minimum atomic E-state index is 0.363. The van der Waals surface area contributed by atoms with Crippen LogP contribution in [0.5, 0.6) is 0 Å². The first kappa shape index (κ1) is 13.9. The number of hydrogen-bond donors (Lipinski definition) is 1. The highest BCUT2D eigenvalue weighted by Crippen LogP contribution is 2.25. The molecule has 3 nitrogen and oxygen atoms in total. The smallest absolute Gasteiger partial charge is 0.0342 e. The predicted octanol–water partition coefficient (Wildman–Crippen LogP) is 1.39. The molecular weight excluding hydrogens is 198 g/mol. The highest BCUT2D eigenvalue weighted by atomic mass is 15.3. The van der Waals surface area contributed by atoms with Crippen LogP contribution in [-0.2, 0) is 0 Å². The summed E-state index contributed by atoms with van der Waals surface area (Å²) in [5, 5.41) is 0. The monoisotopic (exact) mass is 227 g/mol. The van der Waals surface area contributed by atoms with Gasteiger partial charge in [-0.25, -0.2) is 0 Å². The molecule has 0 amide bonds. The predicted molar refractivity (Wildman–Crippen MR) is 70.6 cm³/mol. The van der Waals surface area contributed by atoms with Crippen LogP contribution in [0.25, 0.3) is 0 Å². The van der Waals surface area contributed by atoms with Crippen LogP contribution in [0.15, 0.2) is 0 Å². The van der Waals surface area contributed by atoms with Crippen molar-refractivity contribution < 1.29 is 0 Å². The lowest BCUT2D eigenvalue weighted by Gasteiger charge is -2.33. The van der Waals surface area contributed by atoms with Gasteiger partial charge in [0.25, 0.3) is 0 Å². The van der Waals surface area contributed by atoms with E-state index in [2.05, 4.69) is 44.5 Å². The summed E-state index contributed by atoms with van der Waals surface area (Å²) in [5.74, 6) is 0. The average Bonchev–Trinajstić information content (AvgIpc) is 2.32. The molecule has 1 rings (SSSR count). The Morgan fingerprint density at radius 2 is 2.00 bits per heavy atom. The SMILES string of the molecule is CCC(C)N1CC(CN)N(C)CC(C)(C)C1. The Kier molecular flexibility index (Phi) is 4.77. The molecule has 1 aliphatic rings. The third-order valence-corrected chi connectivity index (χ3v) is 3.86. The molecule has 1 saturated heterocycles. The van der Waals surface area contributed by atoms with Crippen molar-refractivity contribution >= 4 is 0 Å². The number of nitrogens with two attached hydrogens (primary N) is 1. The highest BCUT2D eigenvalue weighted by Gasteiger charge is 2.33. The molecule has 1 heterocycles. The van der Waals surface area contributed by atoms with Crippen molar-refractivity contribution in [3.8, 4) is 0 Å². The molecule has 16 heavy (non-hydrogen) atoms. The third kappa shape index (κ3) is 3.44. The van der Waals surface area contributed by atoms with Gasteiger partial charge < -0.3 is 10.6 Å². The van der Waals surface area contributed by atoms with Gasteiger partial charge in [-0.05, 0) is 25.8 Å². The number of likely N-dealkylation sites (N-methyl/N-ethyl adjacent to an activating group) is 1. The van der Waals surface area contributed by atoms with Gasteiger partial charge in [-0.15, -0.1) is 0 Å². The maximum absolute atomic E-state index is 5.89. The summed E-state index contributed by atoms with van der Waals surface area (Å²) in [5.41, 5.74) is 6.25. The zero-order chi connectivity index (χ0) is 12.3. The second-order valence-corrected chi connectivity index (χ2v) is 6.16. The first-order valence-corrected chi connectivity index (χ1v) is 6.54. The minimum absolute atomic E-state index is 0.363. The molecule has 2 N–H and O–H groups in total. The van der Waals surface area contributed by atoms with Crippen LogP contribution < -0.4 is 5.73 Å². The van der Waals surface area contributed by atoms with Crippen LogP contribution in [0.1, 0.15) is 34.1 Å². The normalized spacial score (nSPS) is 30.0. The van der Waals surface area contributed by atoms with E-state index in [1.54, 1.807) is 0 Å². The van der Waals surface area contributed by atoms with E-state index in [1.807, 2.05) is 0 Å². The minimum Gasteiger partial charge on any atom is -0.329 e. The van der Waals surface area contributed by atoms with Crippen molar-refractivity contribution in [3.05, 3.63) is 0 Å². The Hall–Kier alpha value is -0.120. The van der Waals surface area contributed by atoms with Crippen LogP contribution >= 0.6 is 0 Å². The zero-order valence-corrected chi connectivity index (χ0v) is 11.7. The summed E-state index contributed by atoms with van der Waals surface area (Å²) < 4.78 is 0. The van der Waals surface area contributed by atoms with Crippen LogP contribution in [0.4, 0.5) is 0 Å². The molecule has 2 unspecified atom stereocenters. The van der Waals surface area contributed by atoms with Crippen LogP contribution in [-0.4, -0.2) is 55.1 Å². The van der Waals surface area contributed by atoms with Crippen LogP contribution in [0.3, 0.4) is 0 Å². The first-order chi connectivity index (χ1) is 7.39. The van der Waals surface area contributed by atoms with Crippen molar-refractivity contribution in [1.29, 1.82) is 0 Å². The van der Waals surface area contributed by atoms with E-state index < -0.39 is 0 Å². The van der Waals surface area contributed by atoms with E-state index in [4.69, 9.17) is 5.73 Å². The van der Waals surface area contributed by atoms with E-state index >= 15 is 0 Å². The molecule has 1 aliphatic heterocycles. The van der Waals surface area contributed by atoms with Crippen molar-refractivity contribution in [1.82, 2.24) is 9.80 Å². The number of nitrogens with zero attached hydrogens (tertiary/aromatic N) is 2. The summed E-state index contributed by atoms with van der Waals surface area (Å²) in [4.78, 5) is 5.05. The van der Waals surface area contributed by atoms with Gasteiger partial charge in [0, 0.05) is 38.3 Å². The fourth-order valence-corrected chi connectivity index (χ4v) is 2.73. The molecule has 0 aromatic rings. The number of rotatable bonds is 3. The fourth-order valence-electron chi connectivity index (χ4n) is 2.73. The Bertz CT molecular complexity index is 215. The van der Waals surface area contributed by atoms with Crippen molar-refractivity contribution in [2.75, 3.05) is 33.2 Å². The van der Waals surface area contributed by atoms with Crippen molar-refractivity contribution in [2.45, 2.75) is 46.2 Å². The van der Waals surface area contributed by atoms with Gasteiger partial charge in [0.2, 0.25) is 0 Å². The molecule has 0 bridgehead atoms. The summed E-state index contributed by atoms with van der Waals surface area (Å²) in [6.45, 7) is 13.5. The van der Waals surface area contributed by atoms with Gasteiger partial charge in [-0.3, -0.25) is 4.90 Å². The van der Waals surface area contributed by atoms with E-state index in [9.17, 15) is 0 Å². The Labute approximate surface area is 101 Å². The molecule has 3 heteroatoms. The standard InChI is InChI=1S/C13H29N3/c1-6-11(2)16-8-12(7-14)15(5)9-13(3,4)10-16/h11-12H,6-10,14H2,1-5H3. The molecule has 0 spiro atoms. The van der Waals surface area contributed by atoms with Gasteiger partial charge in [0.15, 0.2) is 0 Å². The first-order valence-electron chi connectivity index (χ1n) is 6.54. The molecule has 0 saturated carbocycles. The fraction of sp³-hybridized carbons (Fsp3) is 1.00. The second kappa shape index (κ2) is 5.48. The quantitative estimate of drug-likeness (QED) is 0.791. The molecule has 2 atom stereocenters. The largest absolute Gasteiger partial charge is 0.329 e. The zero-order valence-electron chi connectivity index (χ0n) is 11.7. The van der Waals surface area contributed by atoms with E-state index in [0.717, 1.165) is 19.6 Å². The van der Waals surface area contributed by atoms with Crippen molar-refractivity contribution in [2.24, 2.45) is 11.1 Å². The maximum atomic E-state index is 5.89. The molecule has 96 valence electrons. The lowest BCUT2D eigenvalue weighted by Crippen LogP contribution is -2.45. The lowest BCUT2D eigenvalue weighted by atomic mass is 9.92. The average molecular weight is 227 g/mol. The van der Waals surface area contributed by atoms with E-state index in [-0.39, 0.29) is 0 Å². The van der Waals surface area contributed by atoms with Crippen molar-refractivity contribution in [3.63, 3.8) is 0 Å². The molecule has 0 aromatic heterocycles. The molecule has 0 aromatic carbocycles. The summed E-state index contributed by atoms with van der Waals surface area (Å²) in [7, 11) is 2.21. The molecule has 1 fully saturated rings. The third-order valence-electron chi connectivity index (χ3n) is 3.86. The lowest BCUT2D eigenvalue weighted by molar-refractivity contribution is 0.152. The topological polar surface area (TPSA) is 32.5 Å². The van der Waals surface area contributed by atoms with E-state index in [1.165, 1.54) is 13.0 Å². The molecule has 0 radical (unpaired) electrons. The van der Waals surface area contributed by atoms with Gasteiger partial charge in [0.05, 0.1) is 0 Å². The van der Waals surface area contributed by atoms with Crippen LogP contribution in [0.2, 0.25) is 0 Å². The van der Waals surface area contributed by atoms with Gasteiger partial charge in [-0.2, -0.15) is 0 Å². The molecule has 0 aliphatic carbocycles. The summed E-state index contributed by atoms with van der Waals surface area (Å²) in [6, 6.07) is 1.18. The Balaban J connectivity index is 2.79. The van der Waals surface area contributed by atoms with Gasteiger partial charge in [-0.1, -0.05) is 20.8 Å². The summed E-state index contributed by atoms with van der Waals surface area (Å²) >= 11 is 0. The van der Waals surface area contributed by atoms with Crippen LogP contribution in [0, 0.1) is 5.41 Å². The van der Waals surface area contributed by atoms with Gasteiger partial charge >= 0.3 is 0 Å². The second-order valence-electron chi connectivity index (χ2n) is 6.16. The summed E-state index contributed by atoms with van der Waals surface area (Å²) in [6.07, 6.45) is 1.22. The maximum Gasteiger partial charge on any atom is 0.0342 e. The Morgan fingerprint density at radius 3 is 2.50 bits per heavy atom. The number of hydrogen-bond acceptors (Lipinski definition) is 3. The Morgan fingerprint density at radius 1 is 1.38 bits per heavy atom. The van der Waals surface area contributed by atoms with E-state index in [0.29, 0.717) is 17.5 Å². The van der Waals surface area contributed by atoms with Gasteiger partial charge in [0.1, 0.15) is 0 Å². The molecular formula is C13H29N3. The highest BCUT2D eigenvalue weighted by molar-refractivity contribution is 4.88.